The zero-order chi connectivity index (χ0) is 28.4. The van der Waals surface area contributed by atoms with Gasteiger partial charge >= 0.3 is 12.1 Å². The quantitative estimate of drug-likeness (QED) is 0.476. The highest BCUT2D eigenvalue weighted by Crippen LogP contribution is 2.38. The first-order chi connectivity index (χ1) is 18.3. The van der Waals surface area contributed by atoms with E-state index in [1.165, 1.54) is 11.1 Å². The van der Waals surface area contributed by atoms with Gasteiger partial charge in [-0.2, -0.15) is 0 Å². The van der Waals surface area contributed by atoms with Crippen LogP contribution in [0.5, 0.6) is 0 Å². The Bertz CT molecular complexity index is 1200. The van der Waals surface area contributed by atoms with Crippen molar-refractivity contribution in [2.24, 2.45) is 0 Å². The summed E-state index contributed by atoms with van der Waals surface area (Å²) in [5, 5.41) is 3.98. The number of urea groups is 1. The molecular formula is C29H44N4O5S. The standard InChI is InChI=1S/C29H44N4O5S/c1-28(2,3)38-27(35)32(5)17-18-33-16-8-14-29(33,4)15-9-19-39(36,37)31-26(34)30-25-23-12-6-10-21(23)20-22-11-7-13-24(22)25/h9,19-20H,6-8,10-18H2,1-5H3,(H2,30,31,34)/b19-9+/t29-/m1/s1. The lowest BCUT2D eigenvalue weighted by atomic mass is 9.94. The van der Waals surface area contributed by atoms with Crippen LogP contribution in [0, 0.1) is 0 Å². The molecule has 9 nitrogen and oxygen atoms in total. The third-order valence-electron chi connectivity index (χ3n) is 8.10. The van der Waals surface area contributed by atoms with Crippen molar-refractivity contribution in [2.45, 2.75) is 96.6 Å². The largest absolute Gasteiger partial charge is 0.444 e. The second-order valence-corrected chi connectivity index (χ2v) is 14.0. The molecule has 39 heavy (non-hydrogen) atoms. The Morgan fingerprint density at radius 2 is 1.74 bits per heavy atom. The first-order valence-corrected chi connectivity index (χ1v) is 15.7. The predicted molar refractivity (Wildman–Crippen MR) is 153 cm³/mol. The highest BCUT2D eigenvalue weighted by molar-refractivity contribution is 7.92. The van der Waals surface area contributed by atoms with Crippen LogP contribution >= 0.6 is 0 Å². The molecule has 0 spiro atoms. The molecule has 2 N–H and O–H groups in total. The molecular weight excluding hydrogens is 516 g/mol. The first-order valence-electron chi connectivity index (χ1n) is 14.1. The van der Waals surface area contributed by atoms with Gasteiger partial charge in [0.25, 0.3) is 10.0 Å². The summed E-state index contributed by atoms with van der Waals surface area (Å²) in [7, 11) is -2.23. The van der Waals surface area contributed by atoms with Gasteiger partial charge in [0.15, 0.2) is 0 Å². The number of fused-ring (bicyclic) bond motifs is 2. The number of likely N-dealkylation sites (N-methyl/N-ethyl adjacent to an activating group) is 1. The number of carbonyl (C=O) groups excluding carboxylic acids is 2. The van der Waals surface area contributed by atoms with Crippen molar-refractivity contribution in [1.82, 2.24) is 14.5 Å². The highest BCUT2D eigenvalue weighted by atomic mass is 32.2. The number of amides is 3. The predicted octanol–water partition coefficient (Wildman–Crippen LogP) is 4.74. The molecule has 2 aliphatic carbocycles. The minimum absolute atomic E-state index is 0.228. The number of anilines is 1. The van der Waals surface area contributed by atoms with Crippen LogP contribution in [0.1, 0.15) is 82.1 Å². The average Bonchev–Trinajstić information content (AvgIpc) is 3.55. The molecule has 0 radical (unpaired) electrons. The van der Waals surface area contributed by atoms with Crippen molar-refractivity contribution in [1.29, 1.82) is 0 Å². The third-order valence-corrected chi connectivity index (χ3v) is 9.12. The van der Waals surface area contributed by atoms with E-state index >= 15 is 0 Å². The summed E-state index contributed by atoms with van der Waals surface area (Å²) in [5.74, 6) is 0. The number of ether oxygens (including phenoxy) is 1. The molecule has 3 aliphatic rings. The lowest BCUT2D eigenvalue weighted by Crippen LogP contribution is -2.45. The zero-order valence-electron chi connectivity index (χ0n) is 24.1. The first kappa shape index (κ1) is 29.4. The van der Waals surface area contributed by atoms with Crippen LogP contribution in [-0.4, -0.2) is 68.2 Å². The summed E-state index contributed by atoms with van der Waals surface area (Å²) in [5.41, 5.74) is 4.92. The monoisotopic (exact) mass is 560 g/mol. The molecule has 0 bridgehead atoms. The van der Waals surface area contributed by atoms with Crippen LogP contribution in [0.15, 0.2) is 17.6 Å². The maximum atomic E-state index is 12.8. The Balaban J connectivity index is 1.32. The van der Waals surface area contributed by atoms with Crippen molar-refractivity contribution in [3.63, 3.8) is 0 Å². The molecule has 3 amide bonds. The van der Waals surface area contributed by atoms with Crippen LogP contribution in [-0.2, 0) is 40.4 Å². The number of rotatable bonds is 8. The Morgan fingerprint density at radius 3 is 2.36 bits per heavy atom. The third kappa shape index (κ3) is 7.33. The van der Waals surface area contributed by atoms with E-state index in [1.807, 2.05) is 20.8 Å². The summed E-state index contributed by atoms with van der Waals surface area (Å²) < 4.78 is 33.1. The second kappa shape index (κ2) is 11.5. The van der Waals surface area contributed by atoms with E-state index in [0.717, 1.165) is 80.1 Å². The van der Waals surface area contributed by atoms with Gasteiger partial charge in [-0.15, -0.1) is 0 Å². The van der Waals surface area contributed by atoms with E-state index in [4.69, 9.17) is 4.74 Å². The smallest absolute Gasteiger partial charge is 0.410 e. The van der Waals surface area contributed by atoms with E-state index in [0.29, 0.717) is 19.5 Å². The zero-order valence-corrected chi connectivity index (χ0v) is 24.9. The lowest BCUT2D eigenvalue weighted by Gasteiger charge is -2.35. The van der Waals surface area contributed by atoms with Gasteiger partial charge in [0.05, 0.1) is 0 Å². The van der Waals surface area contributed by atoms with E-state index in [9.17, 15) is 18.0 Å². The summed E-state index contributed by atoms with van der Waals surface area (Å²) >= 11 is 0. The van der Waals surface area contributed by atoms with Crippen LogP contribution in [0.4, 0.5) is 15.3 Å². The van der Waals surface area contributed by atoms with Gasteiger partial charge in [0, 0.05) is 36.8 Å². The fourth-order valence-corrected chi connectivity index (χ4v) is 6.82. The van der Waals surface area contributed by atoms with E-state index in [2.05, 4.69) is 27.9 Å². The molecule has 216 valence electrons. The van der Waals surface area contributed by atoms with Crippen molar-refractivity contribution >= 4 is 27.8 Å². The number of aryl methyl sites for hydroxylation is 2. The van der Waals surface area contributed by atoms with Gasteiger partial charge in [-0.1, -0.05) is 12.1 Å². The molecule has 10 heteroatoms. The SMILES string of the molecule is CN(CCN1CCC[C@]1(C)C/C=C/S(=O)(=O)NC(=O)Nc1c2c(cc3c1CCC3)CCC2)C(=O)OC(C)(C)C. The van der Waals surface area contributed by atoms with E-state index in [-0.39, 0.29) is 11.6 Å². The minimum atomic E-state index is -3.95. The molecule has 0 saturated carbocycles. The van der Waals surface area contributed by atoms with Crippen LogP contribution in [0.25, 0.3) is 0 Å². The summed E-state index contributed by atoms with van der Waals surface area (Å²) in [6.45, 7) is 9.70. The number of carbonyl (C=O) groups is 2. The molecule has 1 atom stereocenters. The molecule has 1 saturated heterocycles. The van der Waals surface area contributed by atoms with Gasteiger partial charge in [-0.3, -0.25) is 4.90 Å². The highest BCUT2D eigenvalue weighted by Gasteiger charge is 2.35. The Kier molecular flexibility index (Phi) is 8.66. The van der Waals surface area contributed by atoms with Crippen LogP contribution < -0.4 is 10.0 Å². The normalized spacial score (nSPS) is 21.2. The maximum Gasteiger partial charge on any atom is 0.410 e. The molecule has 1 heterocycles. The summed E-state index contributed by atoms with van der Waals surface area (Å²) in [6, 6.07) is 1.56. The number of sulfonamides is 1. The summed E-state index contributed by atoms with van der Waals surface area (Å²) in [4.78, 5) is 28.9. The number of likely N-dealkylation sites (tertiary alicyclic amines) is 1. The van der Waals surface area contributed by atoms with Crippen molar-refractivity contribution in [3.05, 3.63) is 39.8 Å². The van der Waals surface area contributed by atoms with Crippen molar-refractivity contribution in [3.8, 4) is 0 Å². The van der Waals surface area contributed by atoms with Gasteiger partial charge < -0.3 is 15.0 Å². The van der Waals surface area contributed by atoms with E-state index < -0.39 is 21.7 Å². The fourth-order valence-electron chi connectivity index (χ4n) is 6.09. The number of benzene rings is 1. The second-order valence-electron chi connectivity index (χ2n) is 12.4. The van der Waals surface area contributed by atoms with Crippen LogP contribution in [0.3, 0.4) is 0 Å². The Labute approximate surface area is 233 Å². The molecule has 1 aromatic carbocycles. The fraction of sp³-hybridized carbons (Fsp3) is 0.655. The molecule has 1 fully saturated rings. The Morgan fingerprint density at radius 1 is 1.10 bits per heavy atom. The molecule has 0 aromatic heterocycles. The summed E-state index contributed by atoms with van der Waals surface area (Å²) in [6.07, 6.45) is 9.66. The van der Waals surface area contributed by atoms with Crippen LogP contribution in [0.2, 0.25) is 0 Å². The number of hydrogen-bond donors (Lipinski definition) is 2. The lowest BCUT2D eigenvalue weighted by molar-refractivity contribution is 0.0266. The molecule has 0 unspecified atom stereocenters. The molecule has 1 aliphatic heterocycles. The van der Waals surface area contributed by atoms with Crippen molar-refractivity contribution in [2.75, 3.05) is 32.0 Å². The number of nitrogens with one attached hydrogen (secondary N) is 2. The van der Waals surface area contributed by atoms with Gasteiger partial charge in [-0.25, -0.2) is 22.7 Å². The van der Waals surface area contributed by atoms with Gasteiger partial charge in [-0.05, 0) is 114 Å². The average molecular weight is 561 g/mol. The molecule has 4 rings (SSSR count). The van der Waals surface area contributed by atoms with Gasteiger partial charge in [0.1, 0.15) is 5.60 Å². The molecule has 1 aromatic rings. The minimum Gasteiger partial charge on any atom is -0.444 e. The number of nitrogens with zero attached hydrogens (tertiary/aromatic N) is 2. The van der Waals surface area contributed by atoms with E-state index in [1.54, 1.807) is 18.0 Å². The number of hydrogen-bond acceptors (Lipinski definition) is 6. The topological polar surface area (TPSA) is 108 Å². The van der Waals surface area contributed by atoms with Crippen molar-refractivity contribution < 1.29 is 22.7 Å². The maximum absolute atomic E-state index is 12.8. The van der Waals surface area contributed by atoms with Gasteiger partial charge in [0.2, 0.25) is 0 Å². The Hall–Kier alpha value is -2.59.